The van der Waals surface area contributed by atoms with Crippen molar-refractivity contribution in [2.75, 3.05) is 13.2 Å². The van der Waals surface area contributed by atoms with Gasteiger partial charge in [-0.2, -0.15) is 0 Å². The minimum atomic E-state index is 0.0131. The highest BCUT2D eigenvalue weighted by Crippen LogP contribution is 2.51. The first-order valence-electron chi connectivity index (χ1n) is 9.39. The molecule has 3 nitrogen and oxygen atoms in total. The Bertz CT molecular complexity index is 700. The Kier molecular flexibility index (Phi) is 4.53. The lowest BCUT2D eigenvalue weighted by Crippen LogP contribution is -2.42. The van der Waals surface area contributed by atoms with Crippen molar-refractivity contribution in [3.05, 3.63) is 65.7 Å². The number of aliphatic hydroxyl groups is 1. The van der Waals surface area contributed by atoms with Crippen LogP contribution in [0.25, 0.3) is 0 Å². The van der Waals surface area contributed by atoms with Gasteiger partial charge in [0, 0.05) is 24.0 Å². The minimum absolute atomic E-state index is 0.0131. The molecule has 2 N–H and O–H groups in total. The molecule has 0 saturated carbocycles. The number of benzene rings is 2. The van der Waals surface area contributed by atoms with Crippen molar-refractivity contribution in [1.82, 2.24) is 4.90 Å². The molecule has 3 heteroatoms. The molecule has 0 aliphatic carbocycles. The Morgan fingerprint density at radius 1 is 0.960 bits per heavy atom. The van der Waals surface area contributed by atoms with E-state index in [0.717, 1.165) is 25.8 Å². The molecule has 4 rings (SSSR count). The van der Waals surface area contributed by atoms with Crippen molar-refractivity contribution in [1.29, 1.82) is 0 Å². The lowest BCUT2D eigenvalue weighted by atomic mass is 9.70. The van der Waals surface area contributed by atoms with Crippen LogP contribution in [-0.4, -0.2) is 40.3 Å². The first-order valence-corrected chi connectivity index (χ1v) is 9.39. The highest BCUT2D eigenvalue weighted by Gasteiger charge is 2.54. The standard InChI is InChI=1S/C22H27NO2/c24-16-22(14-18-4-2-1-3-5-18)15-19-8-11-21(22)23(19)13-12-17-6-9-20(25)10-7-17/h1-7,9-10,19,21,24-25H,8,11-16H2/t19-,21+,22-/m1/s1. The molecule has 25 heavy (non-hydrogen) atoms. The molecule has 0 radical (unpaired) electrons. The third kappa shape index (κ3) is 3.19. The maximum atomic E-state index is 10.3. The van der Waals surface area contributed by atoms with E-state index < -0.39 is 0 Å². The molecule has 0 unspecified atom stereocenters. The van der Waals surface area contributed by atoms with Crippen LogP contribution in [0.3, 0.4) is 0 Å². The summed E-state index contributed by atoms with van der Waals surface area (Å²) in [5.74, 6) is 0.326. The number of fused-ring (bicyclic) bond motifs is 2. The Morgan fingerprint density at radius 3 is 2.44 bits per heavy atom. The second-order valence-electron chi connectivity index (χ2n) is 7.79. The van der Waals surface area contributed by atoms with E-state index in [1.807, 2.05) is 12.1 Å². The molecule has 2 heterocycles. The molecule has 2 bridgehead atoms. The van der Waals surface area contributed by atoms with Crippen LogP contribution in [0, 0.1) is 5.41 Å². The van der Waals surface area contributed by atoms with Crippen LogP contribution < -0.4 is 0 Å². The highest BCUT2D eigenvalue weighted by atomic mass is 16.3. The summed E-state index contributed by atoms with van der Waals surface area (Å²) in [5, 5.41) is 19.7. The quantitative estimate of drug-likeness (QED) is 0.849. The van der Waals surface area contributed by atoms with Crippen LogP contribution >= 0.6 is 0 Å². The van der Waals surface area contributed by atoms with Gasteiger partial charge in [0.15, 0.2) is 0 Å². The molecule has 2 fully saturated rings. The molecule has 3 atom stereocenters. The van der Waals surface area contributed by atoms with Crippen LogP contribution in [0.15, 0.2) is 54.6 Å². The second-order valence-corrected chi connectivity index (χ2v) is 7.79. The number of aromatic hydroxyl groups is 1. The lowest BCUT2D eigenvalue weighted by Gasteiger charge is -2.36. The van der Waals surface area contributed by atoms with Gasteiger partial charge in [-0.05, 0) is 55.4 Å². The number of phenolic OH excluding ortho intramolecular Hbond substituents is 1. The fourth-order valence-corrected chi connectivity index (χ4v) is 5.10. The molecule has 0 spiro atoms. The lowest BCUT2D eigenvalue weighted by molar-refractivity contribution is 0.0770. The van der Waals surface area contributed by atoms with Gasteiger partial charge >= 0.3 is 0 Å². The summed E-state index contributed by atoms with van der Waals surface area (Å²) >= 11 is 0. The molecular formula is C22H27NO2. The van der Waals surface area contributed by atoms with E-state index >= 15 is 0 Å². The average Bonchev–Trinajstić information content (AvgIpc) is 3.17. The van der Waals surface area contributed by atoms with Gasteiger partial charge in [0.2, 0.25) is 0 Å². The minimum Gasteiger partial charge on any atom is -0.508 e. The number of aliphatic hydroxyl groups excluding tert-OH is 1. The first kappa shape index (κ1) is 16.6. The van der Waals surface area contributed by atoms with Crippen molar-refractivity contribution >= 4 is 0 Å². The maximum absolute atomic E-state index is 10.3. The van der Waals surface area contributed by atoms with Gasteiger partial charge in [0.25, 0.3) is 0 Å². The summed E-state index contributed by atoms with van der Waals surface area (Å²) in [6.45, 7) is 1.31. The van der Waals surface area contributed by atoms with Gasteiger partial charge < -0.3 is 10.2 Å². The third-order valence-corrected chi connectivity index (χ3v) is 6.30. The van der Waals surface area contributed by atoms with E-state index in [1.54, 1.807) is 12.1 Å². The van der Waals surface area contributed by atoms with Gasteiger partial charge in [-0.3, -0.25) is 4.90 Å². The molecule has 2 aromatic carbocycles. The van der Waals surface area contributed by atoms with Crippen molar-refractivity contribution in [2.45, 2.75) is 44.2 Å². The van der Waals surface area contributed by atoms with Crippen LogP contribution in [0.1, 0.15) is 30.4 Å². The van der Waals surface area contributed by atoms with Crippen molar-refractivity contribution in [2.24, 2.45) is 5.41 Å². The Labute approximate surface area is 149 Å². The van der Waals surface area contributed by atoms with Crippen molar-refractivity contribution in [3.8, 4) is 5.75 Å². The average molecular weight is 337 g/mol. The van der Waals surface area contributed by atoms with E-state index in [2.05, 4.69) is 35.2 Å². The normalized spacial score (nSPS) is 28.5. The molecular weight excluding hydrogens is 310 g/mol. The van der Waals surface area contributed by atoms with Crippen molar-refractivity contribution < 1.29 is 10.2 Å². The summed E-state index contributed by atoms with van der Waals surface area (Å²) in [5.41, 5.74) is 2.61. The Morgan fingerprint density at radius 2 is 1.72 bits per heavy atom. The molecule has 2 saturated heterocycles. The number of hydrogen-bond acceptors (Lipinski definition) is 3. The topological polar surface area (TPSA) is 43.7 Å². The van der Waals surface area contributed by atoms with E-state index in [0.29, 0.717) is 17.8 Å². The molecule has 0 amide bonds. The summed E-state index contributed by atoms with van der Waals surface area (Å²) < 4.78 is 0. The second kappa shape index (κ2) is 6.81. The molecule has 2 aliphatic heterocycles. The third-order valence-electron chi connectivity index (χ3n) is 6.30. The largest absolute Gasteiger partial charge is 0.508 e. The van der Waals surface area contributed by atoms with Crippen molar-refractivity contribution in [3.63, 3.8) is 0 Å². The fourth-order valence-electron chi connectivity index (χ4n) is 5.10. The summed E-state index contributed by atoms with van der Waals surface area (Å²) in [4.78, 5) is 2.64. The predicted molar refractivity (Wildman–Crippen MR) is 99.6 cm³/mol. The maximum Gasteiger partial charge on any atom is 0.115 e. The molecule has 2 aromatic rings. The summed E-state index contributed by atoms with van der Waals surface area (Å²) in [6.07, 6.45) is 5.55. The smallest absolute Gasteiger partial charge is 0.115 e. The van der Waals surface area contributed by atoms with Gasteiger partial charge in [-0.15, -0.1) is 0 Å². The van der Waals surface area contributed by atoms with Gasteiger partial charge in [-0.25, -0.2) is 0 Å². The zero-order chi connectivity index (χ0) is 17.3. The number of phenols is 1. The van der Waals surface area contributed by atoms with E-state index in [-0.39, 0.29) is 12.0 Å². The van der Waals surface area contributed by atoms with Gasteiger partial charge in [-0.1, -0.05) is 42.5 Å². The van der Waals surface area contributed by atoms with Gasteiger partial charge in [0.1, 0.15) is 5.75 Å². The van der Waals surface area contributed by atoms with E-state index in [1.165, 1.54) is 24.0 Å². The zero-order valence-corrected chi connectivity index (χ0v) is 14.6. The van der Waals surface area contributed by atoms with Crippen LogP contribution in [0.2, 0.25) is 0 Å². The first-order chi connectivity index (χ1) is 12.2. The molecule has 0 aromatic heterocycles. The highest BCUT2D eigenvalue weighted by molar-refractivity contribution is 5.26. The van der Waals surface area contributed by atoms with Gasteiger partial charge in [0.05, 0.1) is 6.61 Å². The number of rotatable bonds is 6. The summed E-state index contributed by atoms with van der Waals surface area (Å²) in [7, 11) is 0. The number of nitrogens with zero attached hydrogens (tertiary/aromatic N) is 1. The van der Waals surface area contributed by atoms with Crippen LogP contribution in [-0.2, 0) is 12.8 Å². The SMILES string of the molecule is OC[C@@]1(Cc2ccccc2)C[C@H]2CC[C@@H]1N2CCc1ccc(O)cc1. The monoisotopic (exact) mass is 337 g/mol. The summed E-state index contributed by atoms with van der Waals surface area (Å²) in [6, 6.07) is 19.3. The number of hydrogen-bond donors (Lipinski definition) is 2. The molecule has 132 valence electrons. The Balaban J connectivity index is 1.47. The van der Waals surface area contributed by atoms with E-state index in [4.69, 9.17) is 0 Å². The van der Waals surface area contributed by atoms with Crippen LogP contribution in [0.5, 0.6) is 5.75 Å². The van der Waals surface area contributed by atoms with E-state index in [9.17, 15) is 10.2 Å². The molecule has 2 aliphatic rings. The predicted octanol–water partition coefficient (Wildman–Crippen LogP) is 3.39. The zero-order valence-electron chi connectivity index (χ0n) is 14.6. The Hall–Kier alpha value is -1.84. The van der Waals surface area contributed by atoms with Crippen LogP contribution in [0.4, 0.5) is 0 Å². The fraction of sp³-hybridized carbons (Fsp3) is 0.455.